The smallest absolute Gasteiger partial charge is 0.287 e. The van der Waals surface area contributed by atoms with Crippen molar-refractivity contribution < 1.29 is 18.7 Å². The summed E-state index contributed by atoms with van der Waals surface area (Å²) in [6, 6.07) is 18.2. The van der Waals surface area contributed by atoms with Crippen LogP contribution in [0, 0.1) is 20.8 Å². The van der Waals surface area contributed by atoms with Crippen molar-refractivity contribution in [2.45, 2.75) is 33.6 Å². The highest BCUT2D eigenvalue weighted by Crippen LogP contribution is 2.36. The molecule has 0 aliphatic rings. The van der Waals surface area contributed by atoms with Gasteiger partial charge >= 0.3 is 0 Å². The van der Waals surface area contributed by atoms with Crippen LogP contribution < -0.4 is 14.8 Å². The number of methoxy groups -OCH3 is 1. The van der Waals surface area contributed by atoms with Crippen LogP contribution in [0.1, 0.15) is 51.2 Å². The van der Waals surface area contributed by atoms with Gasteiger partial charge in [0.25, 0.3) is 5.91 Å². The Morgan fingerprint density at radius 3 is 2.65 bits per heavy atom. The van der Waals surface area contributed by atoms with Crippen molar-refractivity contribution in [3.05, 3.63) is 94.4 Å². The third-order valence-corrected chi connectivity index (χ3v) is 6.93. The van der Waals surface area contributed by atoms with Gasteiger partial charge in [0, 0.05) is 40.5 Å². The average Bonchev–Trinajstić information content (AvgIpc) is 3.46. The Bertz CT molecular complexity index is 1590. The van der Waals surface area contributed by atoms with Crippen LogP contribution in [0.15, 0.2) is 65.2 Å². The Balaban J connectivity index is 1.51. The number of H-pyrrole nitrogens is 1. The van der Waals surface area contributed by atoms with Gasteiger partial charge in [-0.05, 0) is 74.2 Å². The number of amides is 1. The Labute approximate surface area is 216 Å². The minimum absolute atomic E-state index is 0.127. The molecule has 6 nitrogen and oxygen atoms in total. The minimum atomic E-state index is -0.228. The van der Waals surface area contributed by atoms with Gasteiger partial charge in [0.15, 0.2) is 17.3 Å². The first-order valence-electron chi connectivity index (χ1n) is 12.6. The van der Waals surface area contributed by atoms with Gasteiger partial charge in [-0.2, -0.15) is 0 Å². The van der Waals surface area contributed by atoms with E-state index in [1.54, 1.807) is 7.11 Å². The van der Waals surface area contributed by atoms with Crippen molar-refractivity contribution in [3.8, 4) is 11.5 Å². The monoisotopic (exact) mass is 496 g/mol. The lowest BCUT2D eigenvalue weighted by atomic mass is 9.90. The van der Waals surface area contributed by atoms with E-state index in [4.69, 9.17) is 13.9 Å². The van der Waals surface area contributed by atoms with Crippen molar-refractivity contribution in [3.63, 3.8) is 0 Å². The molecule has 2 heterocycles. The minimum Gasteiger partial charge on any atom is -0.493 e. The van der Waals surface area contributed by atoms with E-state index in [1.807, 2.05) is 70.3 Å². The number of benzene rings is 3. The topological polar surface area (TPSA) is 76.5 Å². The quantitative estimate of drug-likeness (QED) is 0.247. The van der Waals surface area contributed by atoms with E-state index in [0.29, 0.717) is 30.4 Å². The lowest BCUT2D eigenvalue weighted by Gasteiger charge is -2.20. The Hall–Kier alpha value is -4.19. The number of fused-ring (bicyclic) bond motifs is 2. The lowest BCUT2D eigenvalue weighted by Crippen LogP contribution is -2.29. The van der Waals surface area contributed by atoms with Crippen LogP contribution in [0.25, 0.3) is 21.9 Å². The molecular weight excluding hydrogens is 464 g/mol. The van der Waals surface area contributed by atoms with Crippen molar-refractivity contribution >= 4 is 27.8 Å². The predicted molar refractivity (Wildman–Crippen MR) is 147 cm³/mol. The number of aromatic amines is 1. The molecule has 37 heavy (non-hydrogen) atoms. The Morgan fingerprint density at radius 2 is 1.86 bits per heavy atom. The van der Waals surface area contributed by atoms with Crippen LogP contribution in [-0.2, 0) is 0 Å². The van der Waals surface area contributed by atoms with Crippen LogP contribution in [0.5, 0.6) is 11.5 Å². The molecule has 6 heteroatoms. The number of ether oxygens (including phenoxy) is 2. The summed E-state index contributed by atoms with van der Waals surface area (Å²) in [5.74, 6) is 1.35. The largest absolute Gasteiger partial charge is 0.493 e. The molecule has 2 N–H and O–H groups in total. The Morgan fingerprint density at radius 1 is 1.05 bits per heavy atom. The molecule has 1 amide bonds. The highest BCUT2D eigenvalue weighted by Gasteiger charge is 2.24. The molecule has 5 rings (SSSR count). The lowest BCUT2D eigenvalue weighted by molar-refractivity contribution is 0.0926. The van der Waals surface area contributed by atoms with Crippen molar-refractivity contribution in [1.29, 1.82) is 0 Å². The van der Waals surface area contributed by atoms with E-state index in [1.165, 1.54) is 0 Å². The zero-order valence-electron chi connectivity index (χ0n) is 21.9. The number of aromatic nitrogens is 1. The summed E-state index contributed by atoms with van der Waals surface area (Å²) in [4.78, 5) is 16.8. The molecule has 0 bridgehead atoms. The first kappa shape index (κ1) is 24.5. The number of carbonyl (C=O) groups excluding carboxylic acids is 1. The molecule has 190 valence electrons. The second-order valence-corrected chi connectivity index (χ2v) is 9.41. The number of furan rings is 1. The maximum Gasteiger partial charge on any atom is 0.287 e. The van der Waals surface area contributed by atoms with Gasteiger partial charge in [-0.1, -0.05) is 30.3 Å². The number of nitrogens with one attached hydrogen (secondary N) is 2. The molecular formula is C31H32N2O4. The third kappa shape index (κ3) is 4.55. The fraction of sp³-hybridized carbons (Fsp3) is 0.258. The van der Waals surface area contributed by atoms with Crippen molar-refractivity contribution in [1.82, 2.24) is 10.3 Å². The molecule has 5 aromatic rings. The summed E-state index contributed by atoms with van der Waals surface area (Å²) in [6.45, 7) is 8.89. The first-order chi connectivity index (χ1) is 17.9. The Kier molecular flexibility index (Phi) is 6.66. The van der Waals surface area contributed by atoms with Crippen LogP contribution in [0.3, 0.4) is 0 Å². The van der Waals surface area contributed by atoms with Crippen LogP contribution in [0.2, 0.25) is 0 Å². The first-order valence-corrected chi connectivity index (χ1v) is 12.6. The summed E-state index contributed by atoms with van der Waals surface area (Å²) in [5, 5.41) is 5.26. The van der Waals surface area contributed by atoms with Gasteiger partial charge in [0.05, 0.1) is 13.7 Å². The summed E-state index contributed by atoms with van der Waals surface area (Å²) >= 11 is 0. The van der Waals surface area contributed by atoms with Crippen LogP contribution in [0.4, 0.5) is 0 Å². The van der Waals surface area contributed by atoms with E-state index in [0.717, 1.165) is 49.7 Å². The maximum atomic E-state index is 13.4. The van der Waals surface area contributed by atoms with E-state index in [-0.39, 0.29) is 11.8 Å². The van der Waals surface area contributed by atoms with Gasteiger partial charge < -0.3 is 24.2 Å². The zero-order valence-corrected chi connectivity index (χ0v) is 21.9. The number of para-hydroxylation sites is 1. The number of hydrogen-bond donors (Lipinski definition) is 2. The van der Waals surface area contributed by atoms with Gasteiger partial charge in [-0.25, -0.2) is 0 Å². The van der Waals surface area contributed by atoms with Crippen LogP contribution in [-0.4, -0.2) is 31.2 Å². The summed E-state index contributed by atoms with van der Waals surface area (Å²) in [5.41, 5.74) is 6.96. The molecule has 0 radical (unpaired) electrons. The number of hydrogen-bond acceptors (Lipinski definition) is 4. The summed E-state index contributed by atoms with van der Waals surface area (Å²) in [7, 11) is 1.64. The van der Waals surface area contributed by atoms with Gasteiger partial charge in [-0.3, -0.25) is 4.79 Å². The SMILES string of the molecule is CCOc1ccc([C@H](CNC(=O)c2oc3cc(C)cc(C)c3c2C)c2c[nH]c3ccccc23)cc1OC. The van der Waals surface area contributed by atoms with E-state index < -0.39 is 0 Å². The number of rotatable bonds is 8. The van der Waals surface area contributed by atoms with Gasteiger partial charge in [0.2, 0.25) is 0 Å². The molecule has 0 unspecified atom stereocenters. The standard InChI is InChI=1S/C31H32N2O4/c1-6-36-26-12-11-21(15-27(26)35-5)23(24-17-32-25-10-8-7-9-22(24)25)16-33-31(34)30-20(4)29-19(3)13-18(2)14-28(29)37-30/h7-15,17,23,32H,6,16H2,1-5H3,(H,33,34)/t23-/m0/s1. The highest BCUT2D eigenvalue weighted by atomic mass is 16.5. The fourth-order valence-electron chi connectivity index (χ4n) is 5.25. The van der Waals surface area contributed by atoms with Crippen LogP contribution >= 0.6 is 0 Å². The van der Waals surface area contributed by atoms with E-state index >= 15 is 0 Å². The van der Waals surface area contributed by atoms with E-state index in [9.17, 15) is 4.79 Å². The second kappa shape index (κ2) is 10.1. The predicted octanol–water partition coefficient (Wildman–Crippen LogP) is 6.81. The molecule has 0 fully saturated rings. The fourth-order valence-corrected chi connectivity index (χ4v) is 5.25. The normalized spacial score (nSPS) is 12.1. The van der Waals surface area contributed by atoms with Gasteiger partial charge in [-0.15, -0.1) is 0 Å². The molecule has 0 spiro atoms. The molecule has 0 aliphatic heterocycles. The van der Waals surface area contributed by atoms with Crippen molar-refractivity contribution in [2.75, 3.05) is 20.3 Å². The molecule has 1 atom stereocenters. The summed E-state index contributed by atoms with van der Waals surface area (Å²) < 4.78 is 17.4. The highest BCUT2D eigenvalue weighted by molar-refractivity contribution is 6.00. The van der Waals surface area contributed by atoms with E-state index in [2.05, 4.69) is 28.5 Å². The number of aryl methyl sites for hydroxylation is 3. The zero-order chi connectivity index (χ0) is 26.1. The summed E-state index contributed by atoms with van der Waals surface area (Å²) in [6.07, 6.45) is 2.02. The second-order valence-electron chi connectivity index (χ2n) is 9.41. The average molecular weight is 497 g/mol. The molecule has 0 saturated heterocycles. The maximum absolute atomic E-state index is 13.4. The molecule has 2 aromatic heterocycles. The number of carbonyl (C=O) groups is 1. The van der Waals surface area contributed by atoms with Crippen molar-refractivity contribution in [2.24, 2.45) is 0 Å². The van der Waals surface area contributed by atoms with Gasteiger partial charge in [0.1, 0.15) is 5.58 Å². The molecule has 3 aromatic carbocycles. The molecule has 0 saturated carbocycles. The molecule has 0 aliphatic carbocycles. The third-order valence-electron chi connectivity index (χ3n) is 6.93.